The lowest BCUT2D eigenvalue weighted by Gasteiger charge is -2.16. The Bertz CT molecular complexity index is 386. The molecule has 17 heavy (non-hydrogen) atoms. The Kier molecular flexibility index (Phi) is 4.45. The number of rotatable bonds is 4. The third-order valence-electron chi connectivity index (χ3n) is 2.07. The molecule has 0 unspecified atom stereocenters. The molecule has 0 spiro atoms. The van der Waals surface area contributed by atoms with Crippen molar-refractivity contribution < 1.29 is 9.63 Å². The van der Waals surface area contributed by atoms with Gasteiger partial charge in [0.05, 0.1) is 5.41 Å². The molecule has 0 saturated heterocycles. The van der Waals surface area contributed by atoms with Gasteiger partial charge in [-0.3, -0.25) is 0 Å². The summed E-state index contributed by atoms with van der Waals surface area (Å²) in [5.41, 5.74) is 8.32. The molecule has 0 saturated carbocycles. The third-order valence-corrected chi connectivity index (χ3v) is 2.07. The summed E-state index contributed by atoms with van der Waals surface area (Å²) in [4.78, 5) is 20.7. The Hall–Kier alpha value is -1.62. The Labute approximate surface area is 101 Å². The fourth-order valence-electron chi connectivity index (χ4n) is 1.08. The second-order valence-electron chi connectivity index (χ2n) is 4.79. The Morgan fingerprint density at radius 1 is 1.47 bits per heavy atom. The molecule has 0 amide bonds. The largest absolute Gasteiger partial charge is 0.341 e. The fourth-order valence-corrected chi connectivity index (χ4v) is 1.08. The first-order valence-electron chi connectivity index (χ1n) is 5.57. The maximum atomic E-state index is 11.5. The monoisotopic (exact) mass is 237 g/mol. The van der Waals surface area contributed by atoms with Crippen LogP contribution >= 0.6 is 0 Å². The van der Waals surface area contributed by atoms with Crippen LogP contribution in [0.4, 0.5) is 5.82 Å². The molecule has 0 atom stereocenters. The molecule has 0 aliphatic rings. The number of pyridine rings is 1. The van der Waals surface area contributed by atoms with Crippen LogP contribution in [-0.4, -0.2) is 17.5 Å². The molecule has 5 heteroatoms. The number of nitrogens with zero attached hydrogens (tertiary/aromatic N) is 1. The highest BCUT2D eigenvalue weighted by Crippen LogP contribution is 2.15. The van der Waals surface area contributed by atoms with Gasteiger partial charge < -0.3 is 10.6 Å². The lowest BCUT2D eigenvalue weighted by atomic mass is 9.98. The number of hydrogen-bond donors (Lipinski definition) is 2. The summed E-state index contributed by atoms with van der Waals surface area (Å²) in [7, 11) is 0. The molecule has 0 bridgehead atoms. The van der Waals surface area contributed by atoms with E-state index < -0.39 is 5.41 Å². The summed E-state index contributed by atoms with van der Waals surface area (Å²) in [5, 5.41) is 0. The SMILES string of the molecule is CC(C)(C)C(=O)ONc1cccc(CCN)n1. The molecule has 0 aromatic carbocycles. The number of aromatic nitrogens is 1. The highest BCUT2D eigenvalue weighted by atomic mass is 16.7. The minimum Gasteiger partial charge on any atom is -0.341 e. The quantitative estimate of drug-likeness (QED) is 0.776. The zero-order valence-electron chi connectivity index (χ0n) is 10.5. The van der Waals surface area contributed by atoms with E-state index in [0.29, 0.717) is 18.8 Å². The van der Waals surface area contributed by atoms with E-state index >= 15 is 0 Å². The predicted octanol–water partition coefficient (Wildman–Crippen LogP) is 1.50. The Balaban J connectivity index is 2.57. The molecule has 0 fully saturated rings. The molecular formula is C12H19N3O2. The smallest absolute Gasteiger partial charge is 0.337 e. The average molecular weight is 237 g/mol. The Morgan fingerprint density at radius 2 is 2.18 bits per heavy atom. The van der Waals surface area contributed by atoms with E-state index in [9.17, 15) is 4.79 Å². The first-order chi connectivity index (χ1) is 7.93. The number of hydrogen-bond acceptors (Lipinski definition) is 5. The van der Waals surface area contributed by atoms with Gasteiger partial charge in [0, 0.05) is 12.1 Å². The van der Waals surface area contributed by atoms with Crippen molar-refractivity contribution in [3.8, 4) is 0 Å². The average Bonchev–Trinajstić information content (AvgIpc) is 2.25. The van der Waals surface area contributed by atoms with Gasteiger partial charge in [-0.05, 0) is 39.4 Å². The fraction of sp³-hybridized carbons (Fsp3) is 0.500. The molecule has 1 aromatic rings. The second-order valence-corrected chi connectivity index (χ2v) is 4.79. The molecule has 0 aliphatic heterocycles. The summed E-state index contributed by atoms with van der Waals surface area (Å²) in [5.74, 6) is 0.178. The van der Waals surface area contributed by atoms with Gasteiger partial charge in [-0.15, -0.1) is 0 Å². The second kappa shape index (κ2) is 5.63. The molecular weight excluding hydrogens is 218 g/mol. The van der Waals surface area contributed by atoms with Gasteiger partial charge in [-0.2, -0.15) is 0 Å². The minimum atomic E-state index is -0.540. The van der Waals surface area contributed by atoms with Gasteiger partial charge in [0.1, 0.15) is 0 Å². The van der Waals surface area contributed by atoms with Crippen molar-refractivity contribution in [2.24, 2.45) is 11.1 Å². The summed E-state index contributed by atoms with van der Waals surface area (Å²) in [6.07, 6.45) is 0.697. The molecule has 0 radical (unpaired) electrons. The van der Waals surface area contributed by atoms with E-state index in [1.54, 1.807) is 26.8 Å². The number of anilines is 1. The number of nitrogens with two attached hydrogens (primary N) is 1. The van der Waals surface area contributed by atoms with Crippen molar-refractivity contribution in [1.29, 1.82) is 0 Å². The molecule has 0 aliphatic carbocycles. The predicted molar refractivity (Wildman–Crippen MR) is 66.2 cm³/mol. The molecule has 94 valence electrons. The van der Waals surface area contributed by atoms with Crippen molar-refractivity contribution in [3.63, 3.8) is 0 Å². The van der Waals surface area contributed by atoms with E-state index in [1.165, 1.54) is 0 Å². The highest BCUT2D eigenvalue weighted by Gasteiger charge is 2.23. The maximum Gasteiger partial charge on any atom is 0.337 e. The first kappa shape index (κ1) is 13.4. The van der Waals surface area contributed by atoms with Crippen molar-refractivity contribution >= 4 is 11.8 Å². The highest BCUT2D eigenvalue weighted by molar-refractivity contribution is 5.76. The van der Waals surface area contributed by atoms with E-state index in [-0.39, 0.29) is 5.97 Å². The van der Waals surface area contributed by atoms with E-state index in [4.69, 9.17) is 10.6 Å². The minimum absolute atomic E-state index is 0.330. The number of carbonyl (C=O) groups is 1. The lowest BCUT2D eigenvalue weighted by Crippen LogP contribution is -2.25. The van der Waals surface area contributed by atoms with Crippen molar-refractivity contribution in [3.05, 3.63) is 23.9 Å². The number of nitrogens with one attached hydrogen (secondary N) is 1. The van der Waals surface area contributed by atoms with E-state index in [1.807, 2.05) is 12.1 Å². The normalized spacial score (nSPS) is 11.1. The van der Waals surface area contributed by atoms with E-state index in [2.05, 4.69) is 10.5 Å². The van der Waals surface area contributed by atoms with Gasteiger partial charge in [0.25, 0.3) is 0 Å². The van der Waals surface area contributed by atoms with Crippen LogP contribution in [0, 0.1) is 5.41 Å². The van der Waals surface area contributed by atoms with Gasteiger partial charge in [-0.1, -0.05) is 6.07 Å². The Morgan fingerprint density at radius 3 is 2.76 bits per heavy atom. The van der Waals surface area contributed by atoms with Crippen LogP contribution in [0.2, 0.25) is 0 Å². The topological polar surface area (TPSA) is 77.2 Å². The molecule has 3 N–H and O–H groups in total. The van der Waals surface area contributed by atoms with Crippen molar-refractivity contribution in [2.45, 2.75) is 27.2 Å². The summed E-state index contributed by atoms with van der Waals surface area (Å²) in [6.45, 7) is 5.90. The van der Waals surface area contributed by atoms with Crippen LogP contribution in [0.5, 0.6) is 0 Å². The first-order valence-corrected chi connectivity index (χ1v) is 5.57. The molecule has 1 aromatic heterocycles. The summed E-state index contributed by atoms with van der Waals surface area (Å²) < 4.78 is 0. The van der Waals surface area contributed by atoms with Gasteiger partial charge in [0.15, 0.2) is 5.82 Å². The molecule has 1 heterocycles. The van der Waals surface area contributed by atoms with Gasteiger partial charge >= 0.3 is 5.97 Å². The zero-order chi connectivity index (χ0) is 12.9. The van der Waals surface area contributed by atoms with Crippen LogP contribution < -0.4 is 11.2 Å². The van der Waals surface area contributed by atoms with Crippen LogP contribution in [0.15, 0.2) is 18.2 Å². The van der Waals surface area contributed by atoms with Gasteiger partial charge in [0.2, 0.25) is 0 Å². The zero-order valence-corrected chi connectivity index (χ0v) is 10.5. The summed E-state index contributed by atoms with van der Waals surface area (Å²) >= 11 is 0. The summed E-state index contributed by atoms with van der Waals surface area (Å²) in [6, 6.07) is 5.45. The van der Waals surface area contributed by atoms with Crippen LogP contribution in [0.25, 0.3) is 0 Å². The standard InChI is InChI=1S/C12H19N3O2/c1-12(2,3)11(16)17-15-10-6-4-5-9(14-10)7-8-13/h4-6H,7-8,13H2,1-3H3,(H,14,15). The lowest BCUT2D eigenvalue weighted by molar-refractivity contribution is -0.149. The number of carbonyl (C=O) groups excluding carboxylic acids is 1. The third kappa shape index (κ3) is 4.40. The van der Waals surface area contributed by atoms with Crippen LogP contribution in [0.1, 0.15) is 26.5 Å². The van der Waals surface area contributed by atoms with Crippen LogP contribution in [0.3, 0.4) is 0 Å². The van der Waals surface area contributed by atoms with Crippen molar-refractivity contribution in [2.75, 3.05) is 12.0 Å². The maximum absolute atomic E-state index is 11.5. The molecule has 5 nitrogen and oxygen atoms in total. The van der Waals surface area contributed by atoms with E-state index in [0.717, 1.165) is 5.69 Å². The van der Waals surface area contributed by atoms with Crippen molar-refractivity contribution in [1.82, 2.24) is 4.98 Å². The molecule has 1 rings (SSSR count). The van der Waals surface area contributed by atoms with Crippen LogP contribution in [-0.2, 0) is 16.1 Å². The van der Waals surface area contributed by atoms with Gasteiger partial charge in [-0.25, -0.2) is 15.3 Å².